The first kappa shape index (κ1) is 11.2. The molecule has 5 heteroatoms. The number of pyridine rings is 1. The number of anilines is 1. The van der Waals surface area contributed by atoms with Crippen molar-refractivity contribution in [1.82, 2.24) is 4.98 Å². The van der Waals surface area contributed by atoms with Crippen LogP contribution in [0.2, 0.25) is 5.15 Å². The number of halogens is 2. The van der Waals surface area contributed by atoms with Crippen molar-refractivity contribution in [2.45, 2.75) is 0 Å². The molecule has 0 saturated carbocycles. The Morgan fingerprint density at radius 2 is 1.94 bits per heavy atom. The van der Waals surface area contributed by atoms with E-state index in [2.05, 4.69) is 20.9 Å². The van der Waals surface area contributed by atoms with E-state index in [0.717, 1.165) is 4.47 Å². The van der Waals surface area contributed by atoms with Crippen LogP contribution in [-0.2, 0) is 0 Å². The number of rotatable bonds is 2. The van der Waals surface area contributed by atoms with Gasteiger partial charge >= 0.3 is 0 Å². The molecule has 0 aliphatic carbocycles. The van der Waals surface area contributed by atoms with Gasteiger partial charge in [-0.3, -0.25) is 0 Å². The van der Waals surface area contributed by atoms with Crippen LogP contribution in [0.5, 0.6) is 11.6 Å². The largest absolute Gasteiger partial charge is 0.436 e. The van der Waals surface area contributed by atoms with Gasteiger partial charge in [-0.2, -0.15) is 4.98 Å². The maximum absolute atomic E-state index is 5.76. The van der Waals surface area contributed by atoms with E-state index in [1.54, 1.807) is 12.1 Å². The van der Waals surface area contributed by atoms with Crippen molar-refractivity contribution in [2.24, 2.45) is 0 Å². The number of hydrogen-bond acceptors (Lipinski definition) is 3. The predicted molar refractivity (Wildman–Crippen MR) is 67.9 cm³/mol. The van der Waals surface area contributed by atoms with Crippen molar-refractivity contribution in [3.05, 3.63) is 46.0 Å². The second kappa shape index (κ2) is 4.72. The fourth-order valence-electron chi connectivity index (χ4n) is 1.14. The highest BCUT2D eigenvalue weighted by Crippen LogP contribution is 2.31. The first-order valence-electron chi connectivity index (χ1n) is 4.51. The number of aromatic nitrogens is 1. The summed E-state index contributed by atoms with van der Waals surface area (Å²) >= 11 is 9.13. The van der Waals surface area contributed by atoms with E-state index in [9.17, 15) is 0 Å². The van der Waals surface area contributed by atoms with E-state index in [0.29, 0.717) is 22.5 Å². The molecule has 16 heavy (non-hydrogen) atoms. The molecule has 0 aliphatic heterocycles. The van der Waals surface area contributed by atoms with Crippen LogP contribution in [0.15, 0.2) is 40.9 Å². The first-order chi connectivity index (χ1) is 7.66. The summed E-state index contributed by atoms with van der Waals surface area (Å²) in [5.74, 6) is 0.948. The number of nitrogens with two attached hydrogens (primary N) is 1. The summed E-state index contributed by atoms with van der Waals surface area (Å²) in [5.41, 5.74) is 6.17. The highest BCUT2D eigenvalue weighted by molar-refractivity contribution is 9.10. The summed E-state index contributed by atoms with van der Waals surface area (Å²) in [7, 11) is 0. The zero-order valence-electron chi connectivity index (χ0n) is 8.15. The van der Waals surface area contributed by atoms with Crippen molar-refractivity contribution < 1.29 is 4.74 Å². The van der Waals surface area contributed by atoms with Gasteiger partial charge in [0, 0.05) is 0 Å². The van der Waals surface area contributed by atoms with Gasteiger partial charge in [-0.1, -0.05) is 23.7 Å². The third-order valence-electron chi connectivity index (χ3n) is 1.90. The molecule has 2 N–H and O–H groups in total. The lowest BCUT2D eigenvalue weighted by Gasteiger charge is -2.08. The summed E-state index contributed by atoms with van der Waals surface area (Å²) in [6.07, 6.45) is 0. The van der Waals surface area contributed by atoms with Crippen LogP contribution >= 0.6 is 27.5 Å². The van der Waals surface area contributed by atoms with E-state index < -0.39 is 0 Å². The van der Waals surface area contributed by atoms with Crippen LogP contribution in [0.3, 0.4) is 0 Å². The fourth-order valence-corrected chi connectivity index (χ4v) is 1.65. The first-order valence-corrected chi connectivity index (χ1v) is 5.68. The van der Waals surface area contributed by atoms with Gasteiger partial charge in [0.2, 0.25) is 5.88 Å². The number of ether oxygens (including phenoxy) is 1. The van der Waals surface area contributed by atoms with Gasteiger partial charge < -0.3 is 10.5 Å². The zero-order valence-corrected chi connectivity index (χ0v) is 10.5. The lowest BCUT2D eigenvalue weighted by Crippen LogP contribution is -1.95. The lowest BCUT2D eigenvalue weighted by molar-refractivity contribution is 0.463. The molecular formula is C11H8BrClN2O. The average molecular weight is 300 g/mol. The highest BCUT2D eigenvalue weighted by atomic mass is 79.9. The molecule has 1 aromatic heterocycles. The standard InChI is InChI=1S/C11H8BrClN2O/c12-7-3-1-2-4-9(7)16-11-8(14)5-6-10(13)15-11/h1-6H,14H2. The number of hydrogen-bond donors (Lipinski definition) is 1. The van der Waals surface area contributed by atoms with Crippen molar-refractivity contribution >= 4 is 33.2 Å². The Morgan fingerprint density at radius 1 is 1.19 bits per heavy atom. The SMILES string of the molecule is Nc1ccc(Cl)nc1Oc1ccccc1Br. The molecule has 0 saturated heterocycles. The Balaban J connectivity index is 2.34. The smallest absolute Gasteiger partial charge is 0.244 e. The molecular weight excluding hydrogens is 291 g/mol. The predicted octanol–water partition coefficient (Wildman–Crippen LogP) is 3.87. The van der Waals surface area contributed by atoms with E-state index in [1.165, 1.54) is 0 Å². The van der Waals surface area contributed by atoms with Crippen LogP contribution in [0, 0.1) is 0 Å². The minimum atomic E-state index is 0.305. The molecule has 0 fully saturated rings. The molecule has 0 radical (unpaired) electrons. The summed E-state index contributed by atoms with van der Waals surface area (Å²) in [6, 6.07) is 10.7. The average Bonchev–Trinajstić information content (AvgIpc) is 2.27. The molecule has 0 bridgehead atoms. The number of nitrogens with zero attached hydrogens (tertiary/aromatic N) is 1. The van der Waals surface area contributed by atoms with E-state index in [-0.39, 0.29) is 0 Å². The Bertz CT molecular complexity index is 519. The molecule has 0 unspecified atom stereocenters. The summed E-state index contributed by atoms with van der Waals surface area (Å²) in [6.45, 7) is 0. The van der Waals surface area contributed by atoms with E-state index >= 15 is 0 Å². The normalized spacial score (nSPS) is 10.1. The van der Waals surface area contributed by atoms with Crippen LogP contribution in [0.1, 0.15) is 0 Å². The van der Waals surface area contributed by atoms with Crippen molar-refractivity contribution in [3.63, 3.8) is 0 Å². The van der Waals surface area contributed by atoms with Crippen molar-refractivity contribution in [1.29, 1.82) is 0 Å². The summed E-state index contributed by atoms with van der Waals surface area (Å²) < 4.78 is 6.38. The number of nitrogen functional groups attached to an aromatic ring is 1. The summed E-state index contributed by atoms with van der Waals surface area (Å²) in [4.78, 5) is 4.01. The number of benzene rings is 1. The minimum Gasteiger partial charge on any atom is -0.436 e. The topological polar surface area (TPSA) is 48.1 Å². The van der Waals surface area contributed by atoms with Gasteiger partial charge in [0.05, 0.1) is 10.2 Å². The Kier molecular flexibility index (Phi) is 3.31. The second-order valence-electron chi connectivity index (χ2n) is 3.06. The third kappa shape index (κ3) is 2.46. The molecule has 82 valence electrons. The van der Waals surface area contributed by atoms with E-state index in [4.69, 9.17) is 22.1 Å². The number of para-hydroxylation sites is 1. The molecule has 0 amide bonds. The van der Waals surface area contributed by atoms with Crippen LogP contribution in [0.25, 0.3) is 0 Å². The Hall–Kier alpha value is -1.26. The van der Waals surface area contributed by atoms with Gasteiger partial charge in [0.25, 0.3) is 0 Å². The molecule has 1 aromatic carbocycles. The molecule has 0 atom stereocenters. The zero-order chi connectivity index (χ0) is 11.5. The van der Waals surface area contributed by atoms with Gasteiger partial charge in [-0.15, -0.1) is 0 Å². The lowest BCUT2D eigenvalue weighted by atomic mass is 10.3. The van der Waals surface area contributed by atoms with Crippen molar-refractivity contribution in [3.8, 4) is 11.6 Å². The van der Waals surface area contributed by atoms with Crippen LogP contribution in [-0.4, -0.2) is 4.98 Å². The molecule has 3 nitrogen and oxygen atoms in total. The van der Waals surface area contributed by atoms with E-state index in [1.807, 2.05) is 24.3 Å². The quantitative estimate of drug-likeness (QED) is 0.856. The van der Waals surface area contributed by atoms with Gasteiger partial charge in [0.1, 0.15) is 10.9 Å². The molecule has 0 spiro atoms. The third-order valence-corrected chi connectivity index (χ3v) is 2.76. The molecule has 2 aromatic rings. The molecule has 1 heterocycles. The van der Waals surface area contributed by atoms with Gasteiger partial charge in [-0.25, -0.2) is 0 Å². The van der Waals surface area contributed by atoms with Crippen LogP contribution < -0.4 is 10.5 Å². The van der Waals surface area contributed by atoms with Gasteiger partial charge in [0.15, 0.2) is 0 Å². The monoisotopic (exact) mass is 298 g/mol. The van der Waals surface area contributed by atoms with Crippen LogP contribution in [0.4, 0.5) is 5.69 Å². The Morgan fingerprint density at radius 3 is 2.69 bits per heavy atom. The maximum atomic E-state index is 5.76. The maximum Gasteiger partial charge on any atom is 0.244 e. The minimum absolute atomic E-state index is 0.305. The molecule has 2 rings (SSSR count). The fraction of sp³-hybridized carbons (Fsp3) is 0. The van der Waals surface area contributed by atoms with Gasteiger partial charge in [-0.05, 0) is 40.2 Å². The Labute approximate surface area is 106 Å². The summed E-state index contributed by atoms with van der Waals surface area (Å²) in [5, 5.41) is 0.344. The molecule has 0 aliphatic rings. The second-order valence-corrected chi connectivity index (χ2v) is 4.30. The highest BCUT2D eigenvalue weighted by Gasteiger charge is 2.07. The van der Waals surface area contributed by atoms with Crippen molar-refractivity contribution in [2.75, 3.05) is 5.73 Å².